The lowest BCUT2D eigenvalue weighted by molar-refractivity contribution is -0.385. The predicted molar refractivity (Wildman–Crippen MR) is 110 cm³/mol. The number of aromatic nitrogens is 2. The molecule has 0 saturated heterocycles. The molecule has 0 bridgehead atoms. The minimum atomic E-state index is -4.42. The lowest BCUT2D eigenvalue weighted by Gasteiger charge is -2.09. The van der Waals surface area contributed by atoms with E-state index in [-0.39, 0.29) is 28.9 Å². The van der Waals surface area contributed by atoms with Crippen molar-refractivity contribution in [3.63, 3.8) is 0 Å². The molecule has 0 aliphatic heterocycles. The Morgan fingerprint density at radius 3 is 2.12 bits per heavy atom. The van der Waals surface area contributed by atoms with Crippen LogP contribution in [0.5, 0.6) is 17.2 Å². The van der Waals surface area contributed by atoms with Crippen molar-refractivity contribution in [1.82, 2.24) is 10.1 Å². The van der Waals surface area contributed by atoms with Gasteiger partial charge in [0.25, 0.3) is 5.89 Å². The van der Waals surface area contributed by atoms with Gasteiger partial charge in [0.15, 0.2) is 5.75 Å². The van der Waals surface area contributed by atoms with E-state index in [1.54, 1.807) is 30.3 Å². The molecule has 33 heavy (non-hydrogen) atoms. The van der Waals surface area contributed by atoms with Crippen LogP contribution in [0.2, 0.25) is 0 Å². The van der Waals surface area contributed by atoms with Gasteiger partial charge in [-0.25, -0.2) is 0 Å². The molecule has 0 unspecified atom stereocenters. The highest BCUT2D eigenvalue weighted by atomic mass is 19.4. The third-order valence-corrected chi connectivity index (χ3v) is 4.58. The number of nitrogens with zero attached hydrogens (tertiary/aromatic N) is 3. The Morgan fingerprint density at radius 1 is 0.939 bits per heavy atom. The minimum absolute atomic E-state index is 0.0841. The van der Waals surface area contributed by atoms with Crippen molar-refractivity contribution in [2.45, 2.75) is 6.18 Å². The van der Waals surface area contributed by atoms with Crippen molar-refractivity contribution in [3.05, 3.63) is 82.4 Å². The fourth-order valence-corrected chi connectivity index (χ4v) is 2.94. The molecule has 3 aromatic carbocycles. The molecular formula is C22H14F3N3O5. The maximum atomic E-state index is 12.7. The zero-order chi connectivity index (χ0) is 23.6. The number of methoxy groups -OCH3 is 1. The second-order valence-electron chi connectivity index (χ2n) is 6.72. The molecule has 0 N–H and O–H groups in total. The van der Waals surface area contributed by atoms with Gasteiger partial charge in [0.1, 0.15) is 11.5 Å². The van der Waals surface area contributed by atoms with Gasteiger partial charge >= 0.3 is 11.9 Å². The molecule has 0 atom stereocenters. The first-order valence-corrected chi connectivity index (χ1v) is 9.36. The number of hydrogen-bond acceptors (Lipinski definition) is 7. The number of ether oxygens (including phenoxy) is 2. The van der Waals surface area contributed by atoms with E-state index in [9.17, 15) is 23.3 Å². The van der Waals surface area contributed by atoms with E-state index >= 15 is 0 Å². The Hall–Kier alpha value is -4.41. The number of halogens is 3. The van der Waals surface area contributed by atoms with Crippen LogP contribution in [0, 0.1) is 10.1 Å². The van der Waals surface area contributed by atoms with Gasteiger partial charge in [-0.05, 0) is 60.7 Å². The van der Waals surface area contributed by atoms with E-state index in [0.29, 0.717) is 16.9 Å². The molecule has 1 aromatic heterocycles. The predicted octanol–water partition coefficient (Wildman–Crippen LogP) is 6.13. The maximum absolute atomic E-state index is 12.7. The quantitative estimate of drug-likeness (QED) is 0.253. The summed E-state index contributed by atoms with van der Waals surface area (Å²) in [5.41, 5.74) is -0.0730. The van der Waals surface area contributed by atoms with Gasteiger partial charge in [-0.1, -0.05) is 5.16 Å². The first kappa shape index (κ1) is 21.8. The Labute approximate surface area is 184 Å². The largest absolute Gasteiger partial charge is 0.490 e. The highest BCUT2D eigenvalue weighted by Gasteiger charge is 2.30. The fraction of sp³-hybridized carbons (Fsp3) is 0.0909. The van der Waals surface area contributed by atoms with Crippen LogP contribution in [0.15, 0.2) is 71.3 Å². The van der Waals surface area contributed by atoms with Gasteiger partial charge in [0.05, 0.1) is 17.6 Å². The van der Waals surface area contributed by atoms with Crippen LogP contribution in [0.25, 0.3) is 22.8 Å². The number of nitro groups is 1. The van der Waals surface area contributed by atoms with Gasteiger partial charge < -0.3 is 14.0 Å². The summed E-state index contributed by atoms with van der Waals surface area (Å²) in [6.45, 7) is 0. The number of hydrogen-bond donors (Lipinski definition) is 0. The van der Waals surface area contributed by atoms with Gasteiger partial charge in [-0.2, -0.15) is 18.2 Å². The average Bonchev–Trinajstić information content (AvgIpc) is 3.29. The number of rotatable bonds is 6. The van der Waals surface area contributed by atoms with Crippen LogP contribution in [0.4, 0.5) is 18.9 Å². The van der Waals surface area contributed by atoms with Gasteiger partial charge in [-0.3, -0.25) is 10.1 Å². The van der Waals surface area contributed by atoms with Crippen molar-refractivity contribution < 1.29 is 32.1 Å². The summed E-state index contributed by atoms with van der Waals surface area (Å²) in [7, 11) is 1.33. The smallest absolute Gasteiger partial charge is 0.416 e. The molecule has 8 nitrogen and oxygen atoms in total. The maximum Gasteiger partial charge on any atom is 0.416 e. The van der Waals surface area contributed by atoms with Crippen LogP contribution in [-0.2, 0) is 6.18 Å². The second-order valence-corrected chi connectivity index (χ2v) is 6.72. The van der Waals surface area contributed by atoms with Crippen LogP contribution < -0.4 is 9.47 Å². The first-order valence-electron chi connectivity index (χ1n) is 9.36. The second kappa shape index (κ2) is 8.61. The van der Waals surface area contributed by atoms with Gasteiger partial charge in [0.2, 0.25) is 5.82 Å². The summed E-state index contributed by atoms with van der Waals surface area (Å²) in [5, 5.41) is 15.1. The molecule has 0 amide bonds. The molecule has 0 fully saturated rings. The van der Waals surface area contributed by atoms with E-state index in [1.807, 2.05) is 0 Å². The van der Waals surface area contributed by atoms with Crippen LogP contribution in [0.1, 0.15) is 5.56 Å². The molecule has 0 aliphatic rings. The van der Waals surface area contributed by atoms with Crippen molar-refractivity contribution in [3.8, 4) is 40.1 Å². The monoisotopic (exact) mass is 457 g/mol. The summed E-state index contributed by atoms with van der Waals surface area (Å²) in [5.74, 6) is 1.07. The summed E-state index contributed by atoms with van der Waals surface area (Å²) in [4.78, 5) is 14.9. The number of nitro benzene ring substituents is 1. The van der Waals surface area contributed by atoms with Crippen LogP contribution in [0.3, 0.4) is 0 Å². The topological polar surface area (TPSA) is 101 Å². The van der Waals surface area contributed by atoms with E-state index in [2.05, 4.69) is 10.1 Å². The van der Waals surface area contributed by atoms with E-state index < -0.39 is 16.7 Å². The summed E-state index contributed by atoms with van der Waals surface area (Å²) >= 11 is 0. The minimum Gasteiger partial charge on any atom is -0.490 e. The zero-order valence-corrected chi connectivity index (χ0v) is 16.9. The Bertz CT molecular complexity index is 1290. The highest BCUT2D eigenvalue weighted by Crippen LogP contribution is 2.33. The van der Waals surface area contributed by atoms with Crippen molar-refractivity contribution in [1.29, 1.82) is 0 Å². The summed E-state index contributed by atoms with van der Waals surface area (Å²) in [6.07, 6.45) is -4.42. The molecule has 4 aromatic rings. The molecular weight excluding hydrogens is 443 g/mol. The third-order valence-electron chi connectivity index (χ3n) is 4.58. The Kier molecular flexibility index (Phi) is 5.69. The fourth-order valence-electron chi connectivity index (χ4n) is 2.94. The number of benzene rings is 3. The molecule has 0 saturated carbocycles. The first-order chi connectivity index (χ1) is 15.7. The molecule has 0 radical (unpaired) electrons. The lowest BCUT2D eigenvalue weighted by atomic mass is 10.2. The number of alkyl halides is 3. The van der Waals surface area contributed by atoms with Gasteiger partial charge in [-0.15, -0.1) is 0 Å². The molecule has 0 aliphatic carbocycles. The van der Waals surface area contributed by atoms with Gasteiger partial charge in [0, 0.05) is 17.2 Å². The van der Waals surface area contributed by atoms with Crippen LogP contribution in [-0.4, -0.2) is 22.2 Å². The molecule has 4 rings (SSSR count). The van der Waals surface area contributed by atoms with E-state index in [1.165, 1.54) is 31.4 Å². The van der Waals surface area contributed by atoms with Crippen molar-refractivity contribution in [2.75, 3.05) is 7.11 Å². The Balaban J connectivity index is 1.50. The van der Waals surface area contributed by atoms with E-state index in [0.717, 1.165) is 12.1 Å². The standard InChI is InChI=1S/C22H14F3N3O5/c1-31-19-11-4-14(12-18(19)28(29)30)21-26-20(27-33-21)13-2-7-16(8-3-13)32-17-9-5-15(6-10-17)22(23,24)25/h2-12H,1H3. The average molecular weight is 457 g/mol. The van der Waals surface area contributed by atoms with Crippen LogP contribution >= 0.6 is 0 Å². The van der Waals surface area contributed by atoms with Crippen molar-refractivity contribution in [2.24, 2.45) is 0 Å². The summed E-state index contributed by atoms with van der Waals surface area (Å²) in [6, 6.07) is 15.1. The highest BCUT2D eigenvalue weighted by molar-refractivity contribution is 5.65. The van der Waals surface area contributed by atoms with E-state index in [4.69, 9.17) is 14.0 Å². The third kappa shape index (κ3) is 4.76. The van der Waals surface area contributed by atoms with Crippen molar-refractivity contribution >= 4 is 5.69 Å². The zero-order valence-electron chi connectivity index (χ0n) is 16.9. The SMILES string of the molecule is COc1ccc(-c2nc(-c3ccc(Oc4ccc(C(F)(F)F)cc4)cc3)no2)cc1[N+](=O)[O-]. The normalized spacial score (nSPS) is 11.3. The molecule has 0 spiro atoms. The Morgan fingerprint density at radius 2 is 1.55 bits per heavy atom. The summed E-state index contributed by atoms with van der Waals surface area (Å²) < 4.78 is 53.7. The molecule has 1 heterocycles. The lowest BCUT2D eigenvalue weighted by Crippen LogP contribution is -2.03. The molecule has 168 valence electrons. The molecule has 11 heteroatoms.